The Balaban J connectivity index is 1.50. The number of benzene rings is 1. The number of fused-ring (bicyclic) bond motifs is 1. The molecule has 0 bridgehead atoms. The zero-order valence-electron chi connectivity index (χ0n) is 15.0. The summed E-state index contributed by atoms with van der Waals surface area (Å²) >= 11 is 6.10. The van der Waals surface area contributed by atoms with Crippen molar-refractivity contribution < 1.29 is 13.9 Å². The van der Waals surface area contributed by atoms with Gasteiger partial charge in [-0.1, -0.05) is 11.6 Å². The molecule has 0 saturated carbocycles. The van der Waals surface area contributed by atoms with Crippen LogP contribution >= 0.6 is 11.6 Å². The normalized spacial score (nSPS) is 16.1. The molecule has 0 unspecified atom stereocenters. The largest absolute Gasteiger partial charge is 0.493 e. The second-order valence-electron chi connectivity index (χ2n) is 6.26. The molecule has 1 aliphatic rings. The van der Waals surface area contributed by atoms with E-state index < -0.39 is 0 Å². The van der Waals surface area contributed by atoms with Crippen LogP contribution < -0.4 is 9.47 Å². The lowest BCUT2D eigenvalue weighted by molar-refractivity contribution is 0.120. The monoisotopic (exact) mass is 382 g/mol. The Labute approximate surface area is 157 Å². The number of aromatic nitrogens is 2. The molecule has 0 atom stereocenters. The van der Waals surface area contributed by atoms with E-state index in [4.69, 9.17) is 21.1 Å². The van der Waals surface area contributed by atoms with Gasteiger partial charge in [0.15, 0.2) is 11.5 Å². The van der Waals surface area contributed by atoms with E-state index in [1.165, 1.54) is 6.33 Å². The van der Waals surface area contributed by atoms with Crippen molar-refractivity contribution in [3.63, 3.8) is 0 Å². The third-order valence-electron chi connectivity index (χ3n) is 4.61. The minimum Gasteiger partial charge on any atom is -0.493 e. The van der Waals surface area contributed by atoms with Crippen LogP contribution in [0, 0.1) is 0 Å². The predicted molar refractivity (Wildman–Crippen MR) is 100 cm³/mol. The lowest BCUT2D eigenvalue weighted by Gasteiger charge is -2.34. The smallest absolute Gasteiger partial charge is 0.163 e. The van der Waals surface area contributed by atoms with E-state index in [1.54, 1.807) is 13.2 Å². The minimum absolute atomic E-state index is 0.266. The van der Waals surface area contributed by atoms with Crippen molar-refractivity contribution >= 4 is 22.5 Å². The highest BCUT2D eigenvalue weighted by Gasteiger charge is 2.16. The molecule has 0 aliphatic carbocycles. The minimum atomic E-state index is -0.266. The van der Waals surface area contributed by atoms with Gasteiger partial charge in [0.25, 0.3) is 0 Å². The molecule has 6 nitrogen and oxygen atoms in total. The second kappa shape index (κ2) is 9.30. The van der Waals surface area contributed by atoms with Crippen LogP contribution in [0.25, 0.3) is 10.9 Å². The number of rotatable bonds is 8. The van der Waals surface area contributed by atoms with Gasteiger partial charge in [-0.3, -0.25) is 4.90 Å². The van der Waals surface area contributed by atoms with E-state index in [2.05, 4.69) is 19.8 Å². The predicted octanol–water partition coefficient (Wildman–Crippen LogP) is 2.65. The summed E-state index contributed by atoms with van der Waals surface area (Å²) in [6.07, 6.45) is 2.35. The molecule has 8 heteroatoms. The van der Waals surface area contributed by atoms with Gasteiger partial charge in [0.1, 0.15) is 18.2 Å². The molecule has 3 rings (SSSR count). The number of hydrogen-bond donors (Lipinski definition) is 0. The molecule has 2 aromatic rings. The van der Waals surface area contributed by atoms with Gasteiger partial charge in [-0.05, 0) is 12.5 Å². The summed E-state index contributed by atoms with van der Waals surface area (Å²) in [5.41, 5.74) is 0.727. The summed E-state index contributed by atoms with van der Waals surface area (Å²) in [5, 5.41) is 1.14. The fourth-order valence-electron chi connectivity index (χ4n) is 3.13. The number of nitrogens with zero attached hydrogens (tertiary/aromatic N) is 4. The summed E-state index contributed by atoms with van der Waals surface area (Å²) in [7, 11) is 1.60. The molecule has 0 spiro atoms. The van der Waals surface area contributed by atoms with Crippen LogP contribution in [-0.4, -0.2) is 79.4 Å². The molecular weight excluding hydrogens is 359 g/mol. The zero-order valence-corrected chi connectivity index (χ0v) is 15.7. The SMILES string of the molecule is COc1cc2c(Cl)ncnc2cc1OCCCN1CCN(CCF)CC1. The standard InChI is InChI=1S/C18H24ClFN4O2/c1-25-16-11-14-15(21-13-22-18(14)19)12-17(16)26-10-2-4-23-6-8-24(5-3-20)9-7-23/h11-13H,2-10H2,1H3. The van der Waals surface area contributed by atoms with Crippen LogP contribution in [-0.2, 0) is 0 Å². The van der Waals surface area contributed by atoms with Crippen LogP contribution in [0.15, 0.2) is 18.5 Å². The highest BCUT2D eigenvalue weighted by Crippen LogP contribution is 2.33. The van der Waals surface area contributed by atoms with Gasteiger partial charge in [0.2, 0.25) is 0 Å². The third-order valence-corrected chi connectivity index (χ3v) is 4.92. The zero-order chi connectivity index (χ0) is 18.4. The highest BCUT2D eigenvalue weighted by molar-refractivity contribution is 6.34. The summed E-state index contributed by atoms with van der Waals surface area (Å²) in [4.78, 5) is 12.8. The lowest BCUT2D eigenvalue weighted by Crippen LogP contribution is -2.47. The first-order valence-corrected chi connectivity index (χ1v) is 9.21. The van der Waals surface area contributed by atoms with E-state index in [-0.39, 0.29) is 6.67 Å². The van der Waals surface area contributed by atoms with E-state index in [1.807, 2.05) is 6.07 Å². The Kier molecular flexibility index (Phi) is 6.82. The molecule has 2 heterocycles. The molecule has 0 radical (unpaired) electrons. The van der Waals surface area contributed by atoms with Gasteiger partial charge >= 0.3 is 0 Å². The van der Waals surface area contributed by atoms with Gasteiger partial charge < -0.3 is 14.4 Å². The third kappa shape index (κ3) is 4.72. The van der Waals surface area contributed by atoms with Gasteiger partial charge in [-0.15, -0.1) is 0 Å². The fourth-order valence-corrected chi connectivity index (χ4v) is 3.33. The summed E-state index contributed by atoms with van der Waals surface area (Å²) in [6, 6.07) is 3.63. The van der Waals surface area contributed by atoms with Crippen molar-refractivity contribution in [2.24, 2.45) is 0 Å². The van der Waals surface area contributed by atoms with Crippen molar-refractivity contribution in [3.8, 4) is 11.5 Å². The molecule has 1 aromatic carbocycles. The second-order valence-corrected chi connectivity index (χ2v) is 6.62. The average Bonchev–Trinajstić information content (AvgIpc) is 2.66. The lowest BCUT2D eigenvalue weighted by atomic mass is 10.2. The maximum Gasteiger partial charge on any atom is 0.163 e. The Morgan fingerprint density at radius 2 is 1.81 bits per heavy atom. The summed E-state index contributed by atoms with van der Waals surface area (Å²) in [5.74, 6) is 1.27. The molecule has 142 valence electrons. The van der Waals surface area contributed by atoms with E-state index in [9.17, 15) is 4.39 Å². The maximum absolute atomic E-state index is 12.4. The van der Waals surface area contributed by atoms with Crippen LogP contribution in [0.3, 0.4) is 0 Å². The Morgan fingerprint density at radius 3 is 2.50 bits per heavy atom. The van der Waals surface area contributed by atoms with Crippen molar-refractivity contribution in [2.45, 2.75) is 6.42 Å². The number of piperazine rings is 1. The first-order chi connectivity index (χ1) is 12.7. The van der Waals surface area contributed by atoms with Crippen LogP contribution in [0.5, 0.6) is 11.5 Å². The maximum atomic E-state index is 12.4. The topological polar surface area (TPSA) is 50.7 Å². The van der Waals surface area contributed by atoms with Crippen molar-refractivity contribution in [1.29, 1.82) is 0 Å². The molecule has 0 amide bonds. The van der Waals surface area contributed by atoms with Gasteiger partial charge in [-0.2, -0.15) is 0 Å². The van der Waals surface area contributed by atoms with Crippen molar-refractivity contribution in [1.82, 2.24) is 19.8 Å². The average molecular weight is 383 g/mol. The highest BCUT2D eigenvalue weighted by atomic mass is 35.5. The van der Waals surface area contributed by atoms with Crippen LogP contribution in [0.2, 0.25) is 5.15 Å². The first-order valence-electron chi connectivity index (χ1n) is 8.83. The Morgan fingerprint density at radius 1 is 1.08 bits per heavy atom. The molecule has 1 aliphatic heterocycles. The molecule has 1 fully saturated rings. The number of methoxy groups -OCH3 is 1. The summed E-state index contributed by atoms with van der Waals surface area (Å²) in [6.45, 7) is 5.67. The van der Waals surface area contributed by atoms with Crippen LogP contribution in [0.4, 0.5) is 4.39 Å². The van der Waals surface area contributed by atoms with E-state index in [0.29, 0.717) is 29.8 Å². The fraction of sp³-hybridized carbons (Fsp3) is 0.556. The van der Waals surface area contributed by atoms with Crippen molar-refractivity contribution in [2.75, 3.05) is 59.7 Å². The van der Waals surface area contributed by atoms with Crippen molar-refractivity contribution in [3.05, 3.63) is 23.6 Å². The molecule has 1 saturated heterocycles. The number of halogens is 2. The van der Waals surface area contributed by atoms with E-state index in [0.717, 1.165) is 50.0 Å². The first kappa shape index (κ1) is 19.1. The molecule has 0 N–H and O–H groups in total. The number of alkyl halides is 1. The number of ether oxygens (including phenoxy) is 2. The Bertz CT molecular complexity index is 726. The van der Waals surface area contributed by atoms with Gasteiger partial charge in [-0.25, -0.2) is 14.4 Å². The Hall–Kier alpha value is -1.70. The quantitative estimate of drug-likeness (QED) is 0.517. The van der Waals surface area contributed by atoms with E-state index >= 15 is 0 Å². The van der Waals surface area contributed by atoms with Gasteiger partial charge in [0, 0.05) is 50.7 Å². The molecule has 1 aromatic heterocycles. The molecule has 26 heavy (non-hydrogen) atoms. The van der Waals surface area contributed by atoms with Gasteiger partial charge in [0.05, 0.1) is 19.2 Å². The molecular formula is C18H24ClFN4O2. The number of hydrogen-bond acceptors (Lipinski definition) is 6. The van der Waals surface area contributed by atoms with Crippen LogP contribution in [0.1, 0.15) is 6.42 Å². The summed E-state index contributed by atoms with van der Waals surface area (Å²) < 4.78 is 23.7.